The van der Waals surface area contributed by atoms with Gasteiger partial charge in [-0.1, -0.05) is 33.8 Å². The van der Waals surface area contributed by atoms with Gasteiger partial charge < -0.3 is 5.41 Å². The minimum atomic E-state index is 0.417. The van der Waals surface area contributed by atoms with E-state index in [2.05, 4.69) is 4.98 Å². The molecule has 2 nitrogen and oxygen atoms in total. The van der Waals surface area contributed by atoms with Crippen molar-refractivity contribution in [2.75, 3.05) is 0 Å². The third kappa shape index (κ3) is 23.2. The van der Waals surface area contributed by atoms with Crippen LogP contribution in [-0.4, -0.2) is 10.7 Å². The highest BCUT2D eigenvalue weighted by Gasteiger charge is 1.58. The summed E-state index contributed by atoms with van der Waals surface area (Å²) in [7, 11) is 0. The van der Waals surface area contributed by atoms with Gasteiger partial charge in [0.05, 0.1) is 0 Å². The predicted molar refractivity (Wildman–Crippen MR) is 55.3 cm³/mol. The Kier molecular flexibility index (Phi) is 14.0. The molecule has 0 N–H and O–H groups in total. The Morgan fingerprint density at radius 3 is 1.42 bits per heavy atom. The largest absolute Gasteiger partial charge is 0.812 e. The van der Waals surface area contributed by atoms with E-state index in [0.717, 1.165) is 0 Å². The highest BCUT2D eigenvalue weighted by Crippen LogP contribution is 1.73. The third-order valence-corrected chi connectivity index (χ3v) is 0.566. The molecule has 1 aromatic rings. The molecule has 2 heteroatoms. The van der Waals surface area contributed by atoms with Gasteiger partial charge in [-0.25, -0.2) is 5.71 Å². The van der Waals surface area contributed by atoms with Crippen LogP contribution in [0.4, 0.5) is 0 Å². The van der Waals surface area contributed by atoms with Gasteiger partial charge in [0.25, 0.3) is 0 Å². The molecule has 0 unspecified atom stereocenters. The molecule has 0 aromatic carbocycles. The average molecular weight is 165 g/mol. The summed E-state index contributed by atoms with van der Waals surface area (Å²) in [6.07, 6.45) is 3.50. The molecule has 1 rings (SSSR count). The Hall–Kier alpha value is -1.18. The van der Waals surface area contributed by atoms with E-state index < -0.39 is 0 Å². The monoisotopic (exact) mass is 165 g/mol. The highest BCUT2D eigenvalue weighted by molar-refractivity contribution is 5.82. The van der Waals surface area contributed by atoms with Crippen LogP contribution in [0, 0.1) is 0 Å². The summed E-state index contributed by atoms with van der Waals surface area (Å²) in [5.74, 6) is 0. The van der Waals surface area contributed by atoms with Gasteiger partial charge in [0.15, 0.2) is 0 Å². The zero-order valence-electron chi connectivity index (χ0n) is 8.28. The molecule has 0 atom stereocenters. The van der Waals surface area contributed by atoms with Crippen molar-refractivity contribution in [2.45, 2.75) is 27.7 Å². The van der Waals surface area contributed by atoms with E-state index in [-0.39, 0.29) is 0 Å². The van der Waals surface area contributed by atoms with Gasteiger partial charge in [-0.05, 0) is 12.1 Å². The van der Waals surface area contributed by atoms with Gasteiger partial charge in [-0.2, -0.15) is 0 Å². The Balaban J connectivity index is 0. The lowest BCUT2D eigenvalue weighted by Gasteiger charge is -1.83. The van der Waals surface area contributed by atoms with Crippen LogP contribution >= 0.6 is 0 Å². The van der Waals surface area contributed by atoms with E-state index in [1.807, 2.05) is 32.0 Å². The van der Waals surface area contributed by atoms with Crippen molar-refractivity contribution in [2.24, 2.45) is 0 Å². The first-order valence-corrected chi connectivity index (χ1v) is 4.07. The number of aromatic nitrogens is 1. The zero-order chi connectivity index (χ0) is 9.82. The molecule has 0 bridgehead atoms. The van der Waals surface area contributed by atoms with E-state index in [0.29, 0.717) is 5.71 Å². The maximum Gasteiger partial charge on any atom is 0.0267 e. The fraction of sp³-hybridized carbons (Fsp3) is 0.400. The standard InChI is InChI=1S/C5H5N.C3H6N.C2H6/c1-2-4-6-5-3-1;1-3(2)4;1-2/h1-5H;1-2H3;1-2H3/q;-1;. The number of hydrogen-bond donors (Lipinski definition) is 0. The molecule has 0 aliphatic rings. The first-order chi connectivity index (χ1) is 5.73. The lowest BCUT2D eigenvalue weighted by Crippen LogP contribution is -1.65. The van der Waals surface area contributed by atoms with Crippen LogP contribution in [0.25, 0.3) is 5.41 Å². The SMILES string of the molecule is CC.CC(C)=[N-].c1ccncc1. The fourth-order valence-corrected chi connectivity index (χ4v) is 0.313. The minimum Gasteiger partial charge on any atom is -0.812 e. The predicted octanol–water partition coefficient (Wildman–Crippen LogP) is 3.14. The van der Waals surface area contributed by atoms with Gasteiger partial charge in [-0.15, -0.1) is 0 Å². The molecule has 1 heterocycles. The molecule has 0 aliphatic carbocycles. The summed E-state index contributed by atoms with van der Waals surface area (Å²) >= 11 is 0. The van der Waals surface area contributed by atoms with E-state index >= 15 is 0 Å². The summed E-state index contributed by atoms with van der Waals surface area (Å²) < 4.78 is 0. The second-order valence-electron chi connectivity index (χ2n) is 1.97. The third-order valence-electron chi connectivity index (χ3n) is 0.566. The van der Waals surface area contributed by atoms with E-state index in [9.17, 15) is 0 Å². The van der Waals surface area contributed by atoms with Crippen LogP contribution < -0.4 is 0 Å². The van der Waals surface area contributed by atoms with Crippen molar-refractivity contribution >= 4 is 5.71 Å². The number of hydrogen-bond acceptors (Lipinski definition) is 1. The Morgan fingerprint density at radius 1 is 1.00 bits per heavy atom. The van der Waals surface area contributed by atoms with Crippen LogP contribution in [-0.2, 0) is 0 Å². The Labute approximate surface area is 75.2 Å². The van der Waals surface area contributed by atoms with Crippen LogP contribution in [0.1, 0.15) is 27.7 Å². The summed E-state index contributed by atoms with van der Waals surface area (Å²) in [6.45, 7) is 7.28. The molecule has 12 heavy (non-hydrogen) atoms. The van der Waals surface area contributed by atoms with E-state index in [4.69, 9.17) is 5.41 Å². The molecule has 0 saturated heterocycles. The molecule has 0 saturated carbocycles. The van der Waals surface area contributed by atoms with Gasteiger partial charge >= 0.3 is 0 Å². The van der Waals surface area contributed by atoms with Gasteiger partial charge in [0.2, 0.25) is 0 Å². The quantitative estimate of drug-likeness (QED) is 0.544. The summed E-state index contributed by atoms with van der Waals surface area (Å²) in [6, 6.07) is 5.72. The lowest BCUT2D eigenvalue weighted by molar-refractivity contribution is 1.33. The molecular formula is C10H17N2-. The minimum absolute atomic E-state index is 0.417. The number of rotatable bonds is 0. The first kappa shape index (κ1) is 13.4. The average Bonchev–Trinajstić information content (AvgIpc) is 2.10. The molecule has 0 aliphatic heterocycles. The summed E-state index contributed by atoms with van der Waals surface area (Å²) in [5.41, 5.74) is 0.417. The van der Waals surface area contributed by atoms with Crippen molar-refractivity contribution in [1.29, 1.82) is 0 Å². The molecular weight excluding hydrogens is 148 g/mol. The molecule has 68 valence electrons. The van der Waals surface area contributed by atoms with Crippen molar-refractivity contribution in [1.82, 2.24) is 4.98 Å². The fourth-order valence-electron chi connectivity index (χ4n) is 0.313. The molecule has 0 radical (unpaired) electrons. The normalized spacial score (nSPS) is 6.67. The Morgan fingerprint density at radius 2 is 1.33 bits per heavy atom. The topological polar surface area (TPSA) is 35.2 Å². The smallest absolute Gasteiger partial charge is 0.0267 e. The Bertz CT molecular complexity index is 140. The maximum absolute atomic E-state index is 7.97. The number of nitrogens with zero attached hydrogens (tertiary/aromatic N) is 2. The number of pyridine rings is 1. The van der Waals surface area contributed by atoms with Crippen LogP contribution in [0.15, 0.2) is 30.6 Å². The summed E-state index contributed by atoms with van der Waals surface area (Å²) in [4.78, 5) is 3.78. The van der Waals surface area contributed by atoms with Crippen molar-refractivity contribution in [3.05, 3.63) is 36.0 Å². The van der Waals surface area contributed by atoms with Gasteiger partial charge in [0.1, 0.15) is 0 Å². The van der Waals surface area contributed by atoms with Crippen molar-refractivity contribution < 1.29 is 0 Å². The zero-order valence-corrected chi connectivity index (χ0v) is 8.28. The van der Waals surface area contributed by atoms with Gasteiger partial charge in [-0.3, -0.25) is 4.98 Å². The molecule has 1 aromatic heterocycles. The van der Waals surface area contributed by atoms with Crippen molar-refractivity contribution in [3.8, 4) is 0 Å². The molecule has 0 spiro atoms. The first-order valence-electron chi connectivity index (χ1n) is 4.07. The molecule has 0 amide bonds. The van der Waals surface area contributed by atoms with E-state index in [1.54, 1.807) is 26.2 Å². The van der Waals surface area contributed by atoms with Gasteiger partial charge in [0, 0.05) is 12.4 Å². The second kappa shape index (κ2) is 12.5. The summed E-state index contributed by atoms with van der Waals surface area (Å²) in [5, 5.41) is 7.97. The maximum atomic E-state index is 7.97. The van der Waals surface area contributed by atoms with Crippen LogP contribution in [0.3, 0.4) is 0 Å². The second-order valence-corrected chi connectivity index (χ2v) is 1.97. The molecule has 0 fully saturated rings. The van der Waals surface area contributed by atoms with Crippen LogP contribution in [0.5, 0.6) is 0 Å². The van der Waals surface area contributed by atoms with E-state index in [1.165, 1.54) is 0 Å². The van der Waals surface area contributed by atoms with Crippen molar-refractivity contribution in [3.63, 3.8) is 0 Å². The van der Waals surface area contributed by atoms with Crippen LogP contribution in [0.2, 0.25) is 0 Å². The lowest BCUT2D eigenvalue weighted by atomic mass is 10.5. The highest BCUT2D eigenvalue weighted by atomic mass is 14.6.